The van der Waals surface area contributed by atoms with E-state index in [4.69, 9.17) is 11.6 Å². The Kier molecular flexibility index (Phi) is 3.51. The molecule has 1 amide bonds. The van der Waals surface area contributed by atoms with Crippen molar-refractivity contribution in [2.45, 2.75) is 31.3 Å². The summed E-state index contributed by atoms with van der Waals surface area (Å²) < 4.78 is 0.976. The highest BCUT2D eigenvalue weighted by atomic mass is 127. The summed E-state index contributed by atoms with van der Waals surface area (Å²) in [5, 5.41) is 7.20. The second-order valence-electron chi connectivity index (χ2n) is 5.00. The molecular weight excluding hydrogens is 363 g/mol. The maximum atomic E-state index is 12.3. The minimum absolute atomic E-state index is 0.121. The van der Waals surface area contributed by atoms with Gasteiger partial charge in [0, 0.05) is 20.7 Å². The molecule has 3 atom stereocenters. The van der Waals surface area contributed by atoms with Gasteiger partial charge in [0.05, 0.1) is 11.6 Å². The van der Waals surface area contributed by atoms with Crippen molar-refractivity contribution in [3.8, 4) is 0 Å². The van der Waals surface area contributed by atoms with Gasteiger partial charge in [0.2, 0.25) is 5.91 Å². The van der Waals surface area contributed by atoms with Crippen molar-refractivity contribution in [2.75, 3.05) is 5.32 Å². The van der Waals surface area contributed by atoms with Crippen molar-refractivity contribution >= 4 is 45.8 Å². The quantitative estimate of drug-likeness (QED) is 0.779. The lowest BCUT2D eigenvalue weighted by Crippen LogP contribution is -2.33. The number of anilines is 1. The summed E-state index contributed by atoms with van der Waals surface area (Å²) in [6, 6.07) is 6.45. The van der Waals surface area contributed by atoms with Gasteiger partial charge >= 0.3 is 0 Å². The van der Waals surface area contributed by atoms with E-state index in [1.807, 2.05) is 12.1 Å². The van der Waals surface area contributed by atoms with Gasteiger partial charge in [0.15, 0.2) is 0 Å². The van der Waals surface area contributed by atoms with Crippen molar-refractivity contribution in [3.63, 3.8) is 0 Å². The van der Waals surface area contributed by atoms with E-state index in [0.717, 1.165) is 22.1 Å². The molecule has 0 saturated carbocycles. The average molecular weight is 377 g/mol. The van der Waals surface area contributed by atoms with Gasteiger partial charge in [-0.25, -0.2) is 0 Å². The Bertz CT molecular complexity index is 494. The molecule has 2 saturated heterocycles. The van der Waals surface area contributed by atoms with Crippen molar-refractivity contribution in [3.05, 3.63) is 26.8 Å². The molecule has 3 nitrogen and oxygen atoms in total. The minimum Gasteiger partial charge on any atom is -0.325 e. The molecular formula is C13H14ClIN2O. The van der Waals surface area contributed by atoms with E-state index < -0.39 is 0 Å². The first-order valence-corrected chi connectivity index (χ1v) is 7.61. The topological polar surface area (TPSA) is 41.1 Å². The zero-order chi connectivity index (χ0) is 12.7. The van der Waals surface area contributed by atoms with Crippen LogP contribution in [0.1, 0.15) is 19.3 Å². The van der Waals surface area contributed by atoms with Crippen LogP contribution in [0.4, 0.5) is 5.69 Å². The summed E-state index contributed by atoms with van der Waals surface area (Å²) in [5.74, 6) is 0.255. The normalized spacial score (nSPS) is 29.6. The fourth-order valence-corrected chi connectivity index (χ4v) is 3.94. The maximum Gasteiger partial charge on any atom is 0.229 e. The fourth-order valence-electron chi connectivity index (χ4n) is 2.93. The summed E-state index contributed by atoms with van der Waals surface area (Å²) in [6.07, 6.45) is 3.31. The van der Waals surface area contributed by atoms with E-state index in [1.54, 1.807) is 6.07 Å². The highest BCUT2D eigenvalue weighted by Gasteiger charge is 2.42. The molecule has 1 aromatic rings. The predicted molar refractivity (Wildman–Crippen MR) is 80.9 cm³/mol. The smallest absolute Gasteiger partial charge is 0.229 e. The van der Waals surface area contributed by atoms with Gasteiger partial charge in [-0.15, -0.1) is 0 Å². The molecule has 0 aromatic heterocycles. The van der Waals surface area contributed by atoms with E-state index >= 15 is 0 Å². The Morgan fingerprint density at radius 1 is 1.44 bits per heavy atom. The molecule has 0 spiro atoms. The van der Waals surface area contributed by atoms with Crippen LogP contribution in [0, 0.1) is 9.49 Å². The Labute approximate surface area is 125 Å². The molecule has 3 rings (SSSR count). The number of fused-ring (bicyclic) bond motifs is 2. The number of hydrogen-bond acceptors (Lipinski definition) is 2. The molecule has 18 heavy (non-hydrogen) atoms. The van der Waals surface area contributed by atoms with Gasteiger partial charge in [-0.1, -0.05) is 11.6 Å². The Hall–Kier alpha value is -0.330. The highest BCUT2D eigenvalue weighted by Crippen LogP contribution is 2.34. The van der Waals surface area contributed by atoms with Crippen molar-refractivity contribution in [1.82, 2.24) is 5.32 Å². The molecule has 2 aliphatic heterocycles. The number of carbonyl (C=O) groups is 1. The summed E-state index contributed by atoms with van der Waals surface area (Å²) >= 11 is 8.10. The summed E-state index contributed by atoms with van der Waals surface area (Å²) in [5.41, 5.74) is 0.854. The van der Waals surface area contributed by atoms with Crippen molar-refractivity contribution in [1.29, 1.82) is 0 Å². The Morgan fingerprint density at radius 3 is 2.89 bits per heavy atom. The number of rotatable bonds is 2. The van der Waals surface area contributed by atoms with Crippen molar-refractivity contribution in [2.24, 2.45) is 5.92 Å². The average Bonchev–Trinajstić information content (AvgIpc) is 2.94. The van der Waals surface area contributed by atoms with Crippen molar-refractivity contribution < 1.29 is 4.79 Å². The largest absolute Gasteiger partial charge is 0.325 e. The first-order chi connectivity index (χ1) is 8.63. The lowest BCUT2D eigenvalue weighted by Gasteiger charge is -2.19. The molecule has 2 fully saturated rings. The molecule has 0 aliphatic carbocycles. The van der Waals surface area contributed by atoms with Gasteiger partial charge in [-0.3, -0.25) is 4.79 Å². The van der Waals surface area contributed by atoms with E-state index in [2.05, 4.69) is 33.2 Å². The maximum absolute atomic E-state index is 12.3. The van der Waals surface area contributed by atoms with E-state index in [1.165, 1.54) is 6.42 Å². The van der Waals surface area contributed by atoms with Gasteiger partial charge in [0.1, 0.15) is 0 Å². The molecule has 2 heterocycles. The number of nitrogens with one attached hydrogen (secondary N) is 2. The molecule has 2 bridgehead atoms. The van der Waals surface area contributed by atoms with Crippen LogP contribution in [-0.4, -0.2) is 18.0 Å². The second-order valence-corrected chi connectivity index (χ2v) is 6.60. The van der Waals surface area contributed by atoms with Crippen LogP contribution in [0.3, 0.4) is 0 Å². The lowest BCUT2D eigenvalue weighted by atomic mass is 9.88. The van der Waals surface area contributed by atoms with Crippen LogP contribution in [-0.2, 0) is 4.79 Å². The first-order valence-electron chi connectivity index (χ1n) is 6.15. The van der Waals surface area contributed by atoms with Gasteiger partial charge in [-0.05, 0) is 60.1 Å². The van der Waals surface area contributed by atoms with Crippen LogP contribution in [0.25, 0.3) is 0 Å². The Morgan fingerprint density at radius 2 is 2.28 bits per heavy atom. The first kappa shape index (κ1) is 12.7. The SMILES string of the molecule is O=C(Nc1ccc(Cl)cc1I)C1CC2CCC1N2. The summed E-state index contributed by atoms with van der Waals surface area (Å²) in [7, 11) is 0. The van der Waals surface area contributed by atoms with Gasteiger partial charge < -0.3 is 10.6 Å². The molecule has 2 N–H and O–H groups in total. The zero-order valence-corrected chi connectivity index (χ0v) is 12.7. The van der Waals surface area contributed by atoms with Crippen LogP contribution in [0.15, 0.2) is 18.2 Å². The van der Waals surface area contributed by atoms with Crippen LogP contribution in [0.2, 0.25) is 5.02 Å². The molecule has 0 radical (unpaired) electrons. The van der Waals surface area contributed by atoms with E-state index in [9.17, 15) is 4.79 Å². The standard InChI is InChI=1S/C13H14ClIN2O/c14-7-1-3-12(10(15)5-7)17-13(18)9-6-8-2-4-11(9)16-8/h1,3,5,8-9,11,16H,2,4,6H2,(H,17,18). The second kappa shape index (κ2) is 4.98. The highest BCUT2D eigenvalue weighted by molar-refractivity contribution is 14.1. The molecule has 5 heteroatoms. The van der Waals surface area contributed by atoms with Gasteiger partial charge in [0.25, 0.3) is 0 Å². The molecule has 2 aliphatic rings. The minimum atomic E-state index is 0.121. The number of halogens is 2. The molecule has 3 unspecified atom stereocenters. The van der Waals surface area contributed by atoms with Crippen LogP contribution < -0.4 is 10.6 Å². The summed E-state index contributed by atoms with van der Waals surface area (Å²) in [6.45, 7) is 0. The zero-order valence-electron chi connectivity index (χ0n) is 9.75. The predicted octanol–water partition coefficient (Wildman–Crippen LogP) is 3.02. The number of benzene rings is 1. The van der Waals surface area contributed by atoms with Crippen LogP contribution in [0.5, 0.6) is 0 Å². The molecule has 1 aromatic carbocycles. The third-order valence-corrected chi connectivity index (χ3v) is 4.95. The monoisotopic (exact) mass is 376 g/mol. The number of carbonyl (C=O) groups excluding carboxylic acids is 1. The number of hydrogen-bond donors (Lipinski definition) is 2. The summed E-state index contributed by atoms with van der Waals surface area (Å²) in [4.78, 5) is 12.3. The third kappa shape index (κ3) is 2.38. The Balaban J connectivity index is 1.71. The fraction of sp³-hybridized carbons (Fsp3) is 0.462. The number of amides is 1. The van der Waals surface area contributed by atoms with Gasteiger partial charge in [-0.2, -0.15) is 0 Å². The lowest BCUT2D eigenvalue weighted by molar-refractivity contribution is -0.120. The van der Waals surface area contributed by atoms with E-state index in [0.29, 0.717) is 17.1 Å². The third-order valence-electron chi connectivity index (χ3n) is 3.83. The molecule has 96 valence electrons. The van der Waals surface area contributed by atoms with E-state index in [-0.39, 0.29) is 11.8 Å². The van der Waals surface area contributed by atoms with Crippen LogP contribution >= 0.6 is 34.2 Å².